The summed E-state index contributed by atoms with van der Waals surface area (Å²) in [6.07, 6.45) is 5.26. The maximum atomic E-state index is 10.5. The molecule has 2 aliphatic carbocycles. The van der Waals surface area contributed by atoms with Gasteiger partial charge in [0.2, 0.25) is 11.8 Å². The van der Waals surface area contributed by atoms with Gasteiger partial charge in [0.05, 0.1) is 5.69 Å². The van der Waals surface area contributed by atoms with Crippen molar-refractivity contribution in [3.63, 3.8) is 0 Å². The highest BCUT2D eigenvalue weighted by Gasteiger charge is 2.41. The van der Waals surface area contributed by atoms with E-state index in [4.69, 9.17) is 0 Å². The van der Waals surface area contributed by atoms with Crippen LogP contribution in [-0.4, -0.2) is 14.8 Å². The topological polar surface area (TPSA) is 45.4 Å². The summed E-state index contributed by atoms with van der Waals surface area (Å²) < 4.78 is 1.57. The van der Waals surface area contributed by atoms with Crippen molar-refractivity contribution in [3.8, 4) is 17.4 Å². The van der Waals surface area contributed by atoms with Crippen LogP contribution in [0, 0.1) is 13.8 Å². The third-order valence-electron chi connectivity index (χ3n) is 4.77. The SMILES string of the molecule is Cc1ccc(-n2c(O)c3c(c2O)[C@H]2C=C[C@@H]3C2)cc1C. The van der Waals surface area contributed by atoms with Gasteiger partial charge in [-0.3, -0.25) is 4.57 Å². The van der Waals surface area contributed by atoms with E-state index in [-0.39, 0.29) is 23.6 Å². The van der Waals surface area contributed by atoms with Crippen LogP contribution in [0.5, 0.6) is 11.8 Å². The third kappa shape index (κ3) is 1.30. The minimum atomic E-state index is 0.192. The molecule has 0 saturated heterocycles. The molecule has 0 saturated carbocycles. The third-order valence-corrected chi connectivity index (χ3v) is 4.77. The fourth-order valence-corrected chi connectivity index (χ4v) is 3.55. The van der Waals surface area contributed by atoms with Crippen LogP contribution in [-0.2, 0) is 0 Å². The Hall–Kier alpha value is -2.16. The smallest absolute Gasteiger partial charge is 0.202 e. The number of fused-ring (bicyclic) bond motifs is 5. The minimum Gasteiger partial charge on any atom is -0.494 e. The van der Waals surface area contributed by atoms with Crippen molar-refractivity contribution in [2.24, 2.45) is 0 Å². The molecule has 2 aromatic rings. The number of allylic oxidation sites excluding steroid dienone is 2. The molecular formula is C17H17NO2. The first-order valence-electron chi connectivity index (χ1n) is 7.00. The summed E-state index contributed by atoms with van der Waals surface area (Å²) in [6.45, 7) is 4.09. The van der Waals surface area contributed by atoms with E-state index in [9.17, 15) is 10.2 Å². The molecule has 4 rings (SSSR count). The molecule has 2 N–H and O–H groups in total. The van der Waals surface area contributed by atoms with Crippen LogP contribution in [0.3, 0.4) is 0 Å². The van der Waals surface area contributed by atoms with Crippen molar-refractivity contribution < 1.29 is 10.2 Å². The van der Waals surface area contributed by atoms with Gasteiger partial charge in [-0.1, -0.05) is 18.2 Å². The van der Waals surface area contributed by atoms with Crippen LogP contribution >= 0.6 is 0 Å². The monoisotopic (exact) mass is 267 g/mol. The van der Waals surface area contributed by atoms with Gasteiger partial charge < -0.3 is 10.2 Å². The van der Waals surface area contributed by atoms with Crippen molar-refractivity contribution in [2.75, 3.05) is 0 Å². The fraction of sp³-hybridized carbons (Fsp3) is 0.294. The van der Waals surface area contributed by atoms with Crippen molar-refractivity contribution >= 4 is 0 Å². The molecule has 3 nitrogen and oxygen atoms in total. The fourth-order valence-electron chi connectivity index (χ4n) is 3.55. The first-order valence-corrected chi connectivity index (χ1v) is 7.00. The van der Waals surface area contributed by atoms with E-state index in [0.717, 1.165) is 28.8 Å². The Morgan fingerprint density at radius 1 is 0.950 bits per heavy atom. The van der Waals surface area contributed by atoms with Gasteiger partial charge in [0.15, 0.2) is 0 Å². The lowest BCUT2D eigenvalue weighted by atomic mass is 10.0. The van der Waals surface area contributed by atoms with Crippen molar-refractivity contribution in [1.82, 2.24) is 4.57 Å². The number of aryl methyl sites for hydroxylation is 2. The number of hydrogen-bond acceptors (Lipinski definition) is 2. The second-order valence-electron chi connectivity index (χ2n) is 5.91. The number of nitrogens with zero attached hydrogens (tertiary/aromatic N) is 1. The summed E-state index contributed by atoms with van der Waals surface area (Å²) in [7, 11) is 0. The van der Waals surface area contributed by atoms with Gasteiger partial charge in [0.25, 0.3) is 0 Å². The van der Waals surface area contributed by atoms with E-state index < -0.39 is 0 Å². The Morgan fingerprint density at radius 2 is 1.55 bits per heavy atom. The van der Waals surface area contributed by atoms with Crippen LogP contribution in [0.4, 0.5) is 0 Å². The number of hydrogen-bond donors (Lipinski definition) is 2. The van der Waals surface area contributed by atoms with Crippen LogP contribution in [0.25, 0.3) is 5.69 Å². The summed E-state index contributed by atoms with van der Waals surface area (Å²) in [5.41, 5.74) is 4.99. The van der Waals surface area contributed by atoms with E-state index in [1.54, 1.807) is 4.57 Å². The molecule has 3 heteroatoms. The van der Waals surface area contributed by atoms with Gasteiger partial charge in [0.1, 0.15) is 0 Å². The highest BCUT2D eigenvalue weighted by molar-refractivity contribution is 5.62. The summed E-state index contributed by atoms with van der Waals surface area (Å²) >= 11 is 0. The second kappa shape index (κ2) is 3.69. The molecular weight excluding hydrogens is 250 g/mol. The lowest BCUT2D eigenvalue weighted by Crippen LogP contribution is -1.96. The molecule has 20 heavy (non-hydrogen) atoms. The number of aromatic hydroxyl groups is 2. The zero-order valence-corrected chi connectivity index (χ0v) is 11.6. The van der Waals surface area contributed by atoms with Crippen molar-refractivity contribution in [3.05, 3.63) is 52.6 Å². The predicted octanol–water partition coefficient (Wildman–Crippen LogP) is 3.65. The van der Waals surface area contributed by atoms with Crippen LogP contribution < -0.4 is 0 Å². The molecule has 102 valence electrons. The number of aromatic nitrogens is 1. The normalized spacial score (nSPS) is 22.5. The van der Waals surface area contributed by atoms with Gasteiger partial charge in [-0.2, -0.15) is 0 Å². The van der Waals surface area contributed by atoms with Gasteiger partial charge in [0, 0.05) is 23.0 Å². The van der Waals surface area contributed by atoms with E-state index >= 15 is 0 Å². The lowest BCUT2D eigenvalue weighted by molar-refractivity contribution is 0.395. The summed E-state index contributed by atoms with van der Waals surface area (Å²) in [4.78, 5) is 0. The van der Waals surface area contributed by atoms with Crippen LogP contribution in [0.15, 0.2) is 30.4 Å². The Balaban J connectivity index is 1.94. The first-order chi connectivity index (χ1) is 9.58. The van der Waals surface area contributed by atoms with E-state index in [1.165, 1.54) is 5.56 Å². The highest BCUT2D eigenvalue weighted by Crippen LogP contribution is 2.57. The molecule has 1 heterocycles. The molecule has 0 fully saturated rings. The van der Waals surface area contributed by atoms with E-state index in [2.05, 4.69) is 19.1 Å². The molecule has 2 bridgehead atoms. The van der Waals surface area contributed by atoms with Crippen LogP contribution in [0.2, 0.25) is 0 Å². The predicted molar refractivity (Wildman–Crippen MR) is 77.8 cm³/mol. The molecule has 1 aromatic carbocycles. The van der Waals surface area contributed by atoms with Crippen molar-refractivity contribution in [1.29, 1.82) is 0 Å². The molecule has 2 atom stereocenters. The molecule has 2 aliphatic rings. The molecule has 0 radical (unpaired) electrons. The second-order valence-corrected chi connectivity index (χ2v) is 5.91. The Morgan fingerprint density at radius 3 is 2.10 bits per heavy atom. The maximum Gasteiger partial charge on any atom is 0.202 e. The highest BCUT2D eigenvalue weighted by atomic mass is 16.3. The average molecular weight is 267 g/mol. The van der Waals surface area contributed by atoms with Crippen molar-refractivity contribution in [2.45, 2.75) is 32.1 Å². The van der Waals surface area contributed by atoms with E-state index in [1.807, 2.05) is 25.1 Å². The number of benzene rings is 1. The van der Waals surface area contributed by atoms with Gasteiger partial charge in [-0.05, 0) is 43.5 Å². The average Bonchev–Trinajstić information content (AvgIpc) is 3.08. The largest absolute Gasteiger partial charge is 0.494 e. The molecule has 1 aromatic heterocycles. The minimum absolute atomic E-state index is 0.192. The Labute approximate surface area is 117 Å². The maximum absolute atomic E-state index is 10.5. The zero-order chi connectivity index (χ0) is 14.0. The lowest BCUT2D eigenvalue weighted by Gasteiger charge is -2.11. The summed E-state index contributed by atoms with van der Waals surface area (Å²) in [5.74, 6) is 0.901. The molecule has 0 amide bonds. The van der Waals surface area contributed by atoms with Gasteiger partial charge >= 0.3 is 0 Å². The number of rotatable bonds is 1. The molecule has 0 spiro atoms. The van der Waals surface area contributed by atoms with Gasteiger partial charge in [-0.15, -0.1) is 0 Å². The Kier molecular flexibility index (Phi) is 2.15. The quantitative estimate of drug-likeness (QED) is 0.775. The Bertz CT molecular complexity index is 719. The van der Waals surface area contributed by atoms with Gasteiger partial charge in [-0.25, -0.2) is 0 Å². The summed E-state index contributed by atoms with van der Waals surface area (Å²) in [5, 5.41) is 21.1. The van der Waals surface area contributed by atoms with E-state index in [0.29, 0.717) is 0 Å². The zero-order valence-electron chi connectivity index (χ0n) is 11.6. The summed E-state index contributed by atoms with van der Waals surface area (Å²) in [6, 6.07) is 5.95. The first kappa shape index (κ1) is 11.6. The molecule has 0 unspecified atom stereocenters. The molecule has 0 aliphatic heterocycles. The standard InChI is InChI=1S/C17H17NO2/c1-9-3-6-13(7-10(9)2)18-16(19)14-11-4-5-12(8-11)15(14)17(18)20/h3-7,11-12,19-20H,8H2,1-2H3/t11-,12+. The van der Waals surface area contributed by atoms with Crippen LogP contribution in [0.1, 0.15) is 40.5 Å².